The molecule has 0 spiro atoms. The minimum atomic E-state index is -0.271. The fourth-order valence-electron chi connectivity index (χ4n) is 1.49. The maximum Gasteiger partial charge on any atom is 0.246 e. The SMILES string of the molecule is CCCNC1CC(=O)N(CC)C1=O.Cl. The van der Waals surface area contributed by atoms with E-state index in [1.807, 2.05) is 13.8 Å². The van der Waals surface area contributed by atoms with E-state index < -0.39 is 0 Å². The van der Waals surface area contributed by atoms with Crippen LogP contribution < -0.4 is 5.32 Å². The third kappa shape index (κ3) is 2.69. The van der Waals surface area contributed by atoms with E-state index in [4.69, 9.17) is 0 Å². The van der Waals surface area contributed by atoms with Crippen molar-refractivity contribution < 1.29 is 9.59 Å². The topological polar surface area (TPSA) is 49.4 Å². The molecule has 1 aliphatic rings. The van der Waals surface area contributed by atoms with Gasteiger partial charge in [0.15, 0.2) is 0 Å². The maximum absolute atomic E-state index is 11.5. The second-order valence-electron chi connectivity index (χ2n) is 3.19. The van der Waals surface area contributed by atoms with Crippen LogP contribution in [-0.2, 0) is 9.59 Å². The van der Waals surface area contributed by atoms with Gasteiger partial charge in [-0.1, -0.05) is 6.92 Å². The molecule has 0 aromatic carbocycles. The summed E-state index contributed by atoms with van der Waals surface area (Å²) >= 11 is 0. The Kier molecular flexibility index (Phi) is 5.72. The lowest BCUT2D eigenvalue weighted by Gasteiger charge is -2.12. The first-order chi connectivity index (χ1) is 6.20. The van der Waals surface area contributed by atoms with Crippen LogP contribution in [0.4, 0.5) is 0 Å². The van der Waals surface area contributed by atoms with E-state index in [1.165, 1.54) is 4.90 Å². The molecule has 5 heteroatoms. The molecule has 4 nitrogen and oxygen atoms in total. The second-order valence-corrected chi connectivity index (χ2v) is 3.19. The van der Waals surface area contributed by atoms with Gasteiger partial charge in [0.1, 0.15) is 0 Å². The first kappa shape index (κ1) is 13.4. The van der Waals surface area contributed by atoms with Crippen molar-refractivity contribution in [2.45, 2.75) is 32.7 Å². The fourth-order valence-corrected chi connectivity index (χ4v) is 1.49. The lowest BCUT2D eigenvalue weighted by molar-refractivity contribution is -0.138. The predicted octanol–water partition coefficient (Wildman–Crippen LogP) is 0.555. The Morgan fingerprint density at radius 3 is 2.50 bits per heavy atom. The van der Waals surface area contributed by atoms with E-state index in [2.05, 4.69) is 5.32 Å². The Morgan fingerprint density at radius 2 is 2.07 bits per heavy atom. The number of hydrogen-bond acceptors (Lipinski definition) is 3. The number of imide groups is 1. The van der Waals surface area contributed by atoms with Crippen LogP contribution in [-0.4, -0.2) is 35.8 Å². The number of amides is 2. The highest BCUT2D eigenvalue weighted by molar-refractivity contribution is 6.05. The van der Waals surface area contributed by atoms with Crippen LogP contribution in [0, 0.1) is 0 Å². The number of nitrogens with zero attached hydrogens (tertiary/aromatic N) is 1. The van der Waals surface area contributed by atoms with Crippen LogP contribution in [0.2, 0.25) is 0 Å². The van der Waals surface area contributed by atoms with Gasteiger partial charge in [-0.2, -0.15) is 0 Å². The summed E-state index contributed by atoms with van der Waals surface area (Å²) in [5.74, 6) is -0.123. The molecule has 1 aliphatic heterocycles. The maximum atomic E-state index is 11.5. The van der Waals surface area contributed by atoms with Gasteiger partial charge in [0.25, 0.3) is 0 Å². The summed E-state index contributed by atoms with van der Waals surface area (Å²) in [6.07, 6.45) is 1.30. The average molecular weight is 221 g/mol. The largest absolute Gasteiger partial charge is 0.305 e. The van der Waals surface area contributed by atoms with Gasteiger partial charge in [0.2, 0.25) is 11.8 Å². The molecule has 1 N–H and O–H groups in total. The third-order valence-electron chi connectivity index (χ3n) is 2.20. The molecule has 82 valence electrons. The Labute approximate surface area is 90.4 Å². The van der Waals surface area contributed by atoms with Crippen LogP contribution in [0.1, 0.15) is 26.7 Å². The predicted molar refractivity (Wildman–Crippen MR) is 56.3 cm³/mol. The smallest absolute Gasteiger partial charge is 0.246 e. The first-order valence-corrected chi connectivity index (χ1v) is 4.78. The van der Waals surface area contributed by atoms with Crippen molar-refractivity contribution in [3.8, 4) is 0 Å². The highest BCUT2D eigenvalue weighted by Gasteiger charge is 2.36. The summed E-state index contributed by atoms with van der Waals surface area (Å²) in [5, 5.41) is 3.06. The van der Waals surface area contributed by atoms with Gasteiger partial charge in [0.05, 0.1) is 12.5 Å². The zero-order valence-corrected chi connectivity index (χ0v) is 9.39. The van der Waals surface area contributed by atoms with E-state index in [9.17, 15) is 9.59 Å². The molecular formula is C9H17ClN2O2. The zero-order chi connectivity index (χ0) is 9.84. The van der Waals surface area contributed by atoms with Gasteiger partial charge < -0.3 is 5.32 Å². The summed E-state index contributed by atoms with van der Waals surface area (Å²) in [6, 6.07) is -0.271. The van der Waals surface area contributed by atoms with Gasteiger partial charge in [-0.3, -0.25) is 14.5 Å². The van der Waals surface area contributed by atoms with Crippen molar-refractivity contribution >= 4 is 24.2 Å². The monoisotopic (exact) mass is 220 g/mol. The Morgan fingerprint density at radius 1 is 1.43 bits per heavy atom. The van der Waals surface area contributed by atoms with Crippen molar-refractivity contribution in [1.82, 2.24) is 10.2 Å². The van der Waals surface area contributed by atoms with Gasteiger partial charge in [-0.25, -0.2) is 0 Å². The standard InChI is InChI=1S/C9H16N2O2.ClH/c1-3-5-10-7-6-8(12)11(4-2)9(7)13;/h7,10H,3-6H2,1-2H3;1H. The molecule has 1 fully saturated rings. The summed E-state index contributed by atoms with van der Waals surface area (Å²) in [4.78, 5) is 24.1. The molecule has 0 saturated carbocycles. The lowest BCUT2D eigenvalue weighted by atomic mass is 10.2. The summed E-state index contributed by atoms with van der Waals surface area (Å²) in [6.45, 7) is 5.13. The molecular weight excluding hydrogens is 204 g/mol. The van der Waals surface area contributed by atoms with E-state index in [-0.39, 0.29) is 30.3 Å². The van der Waals surface area contributed by atoms with Gasteiger partial charge in [-0.05, 0) is 19.9 Å². The van der Waals surface area contributed by atoms with Crippen molar-refractivity contribution in [3.63, 3.8) is 0 Å². The minimum Gasteiger partial charge on any atom is -0.305 e. The Hall–Kier alpha value is -0.610. The molecule has 2 amide bonds. The van der Waals surface area contributed by atoms with E-state index in [1.54, 1.807) is 0 Å². The molecule has 0 radical (unpaired) electrons. The number of hydrogen-bond donors (Lipinski definition) is 1. The molecule has 0 aliphatic carbocycles. The fraction of sp³-hybridized carbons (Fsp3) is 0.778. The van der Waals surface area contributed by atoms with Crippen molar-refractivity contribution in [3.05, 3.63) is 0 Å². The molecule has 0 aromatic rings. The minimum absolute atomic E-state index is 0. The molecule has 1 unspecified atom stereocenters. The molecule has 1 saturated heterocycles. The van der Waals surface area contributed by atoms with Crippen molar-refractivity contribution in [2.24, 2.45) is 0 Å². The van der Waals surface area contributed by atoms with Gasteiger partial charge >= 0.3 is 0 Å². The quantitative estimate of drug-likeness (QED) is 0.705. The number of nitrogens with one attached hydrogen (secondary N) is 1. The van der Waals surface area contributed by atoms with Gasteiger partial charge in [0, 0.05) is 6.54 Å². The molecule has 0 bridgehead atoms. The van der Waals surface area contributed by atoms with Crippen LogP contribution in [0.15, 0.2) is 0 Å². The first-order valence-electron chi connectivity index (χ1n) is 4.78. The number of carbonyl (C=O) groups is 2. The van der Waals surface area contributed by atoms with Crippen LogP contribution in [0.25, 0.3) is 0 Å². The highest BCUT2D eigenvalue weighted by atomic mass is 35.5. The number of likely N-dealkylation sites (N-methyl/N-ethyl adjacent to an activating group) is 1. The Balaban J connectivity index is 0.00000169. The van der Waals surface area contributed by atoms with Crippen LogP contribution >= 0.6 is 12.4 Å². The number of likely N-dealkylation sites (tertiary alicyclic amines) is 1. The summed E-state index contributed by atoms with van der Waals surface area (Å²) in [5.41, 5.74) is 0. The number of carbonyl (C=O) groups excluding carboxylic acids is 2. The Bertz CT molecular complexity index is 221. The molecule has 1 rings (SSSR count). The summed E-state index contributed by atoms with van der Waals surface area (Å²) in [7, 11) is 0. The molecule has 1 heterocycles. The zero-order valence-electron chi connectivity index (χ0n) is 8.58. The normalized spacial score (nSPS) is 21.3. The van der Waals surface area contributed by atoms with E-state index in [0.717, 1.165) is 13.0 Å². The lowest BCUT2D eigenvalue weighted by Crippen LogP contribution is -2.38. The van der Waals surface area contributed by atoms with Gasteiger partial charge in [-0.15, -0.1) is 12.4 Å². The molecule has 1 atom stereocenters. The van der Waals surface area contributed by atoms with E-state index in [0.29, 0.717) is 13.0 Å². The highest BCUT2D eigenvalue weighted by Crippen LogP contribution is 2.11. The number of halogens is 1. The molecule has 0 aromatic heterocycles. The average Bonchev–Trinajstić information content (AvgIpc) is 2.38. The van der Waals surface area contributed by atoms with Crippen LogP contribution in [0.5, 0.6) is 0 Å². The van der Waals surface area contributed by atoms with E-state index >= 15 is 0 Å². The third-order valence-corrected chi connectivity index (χ3v) is 2.20. The number of rotatable bonds is 4. The van der Waals surface area contributed by atoms with Crippen molar-refractivity contribution in [2.75, 3.05) is 13.1 Å². The second kappa shape index (κ2) is 5.98. The summed E-state index contributed by atoms with van der Waals surface area (Å²) < 4.78 is 0. The molecule has 14 heavy (non-hydrogen) atoms. The van der Waals surface area contributed by atoms with Crippen molar-refractivity contribution in [1.29, 1.82) is 0 Å². The van der Waals surface area contributed by atoms with Crippen LogP contribution in [0.3, 0.4) is 0 Å².